The highest BCUT2D eigenvalue weighted by Crippen LogP contribution is 2.41. The molecule has 0 spiro atoms. The maximum Gasteiger partial charge on any atom is 0.463 e. The van der Waals surface area contributed by atoms with Crippen LogP contribution in [0.1, 0.15) is 18.4 Å². The first kappa shape index (κ1) is 15.7. The molecule has 0 heterocycles. The smallest absolute Gasteiger partial charge is 0.326 e. The van der Waals surface area contributed by atoms with Crippen LogP contribution in [-0.4, -0.2) is 24.0 Å². The molecule has 0 bridgehead atoms. The van der Waals surface area contributed by atoms with Crippen molar-refractivity contribution in [2.24, 2.45) is 5.73 Å². The largest absolute Gasteiger partial charge is 0.463 e. The normalized spacial score (nSPS) is 15.9. The van der Waals surface area contributed by atoms with Crippen molar-refractivity contribution in [3.8, 4) is 0 Å². The summed E-state index contributed by atoms with van der Waals surface area (Å²) < 4.78 is 63.6. The average Bonchev–Trinajstić information content (AvgIpc) is 3.23. The van der Waals surface area contributed by atoms with Crippen LogP contribution in [0.5, 0.6) is 0 Å². The van der Waals surface area contributed by atoms with E-state index in [9.17, 15) is 26.7 Å². The van der Waals surface area contributed by atoms with Crippen LogP contribution in [-0.2, 0) is 11.3 Å². The fourth-order valence-corrected chi connectivity index (χ4v) is 1.89. The Morgan fingerprint density at radius 3 is 2.05 bits per heavy atom. The van der Waals surface area contributed by atoms with Gasteiger partial charge in [0.05, 0.1) is 0 Å². The maximum atomic E-state index is 13.3. The Kier molecular flexibility index (Phi) is 3.92. The van der Waals surface area contributed by atoms with Gasteiger partial charge in [-0.3, -0.25) is 4.79 Å². The molecule has 0 atom stereocenters. The molecule has 1 aromatic rings. The lowest BCUT2D eigenvalue weighted by molar-refractivity contribution is -0.268. The number of alkyl halides is 5. The molecule has 116 valence electrons. The van der Waals surface area contributed by atoms with E-state index in [4.69, 9.17) is 5.73 Å². The molecule has 1 fully saturated rings. The second-order valence-electron chi connectivity index (χ2n) is 4.85. The number of carbonyl (C=O) groups excluding carboxylic acids is 1. The number of rotatable bonds is 4. The summed E-state index contributed by atoms with van der Waals surface area (Å²) in [7, 11) is 0. The number of benzene rings is 1. The van der Waals surface area contributed by atoms with E-state index < -0.39 is 24.0 Å². The quantitative estimate of drug-likeness (QED) is 0.869. The summed E-state index contributed by atoms with van der Waals surface area (Å²) in [5.74, 6) is -7.64. The minimum atomic E-state index is -5.91. The monoisotopic (exact) mass is 308 g/mol. The van der Waals surface area contributed by atoms with Gasteiger partial charge in [0, 0.05) is 18.3 Å². The van der Waals surface area contributed by atoms with Crippen LogP contribution in [0.3, 0.4) is 0 Å². The fraction of sp³-hybridized carbons (Fsp3) is 0.462. The van der Waals surface area contributed by atoms with Crippen molar-refractivity contribution in [1.29, 1.82) is 0 Å². The maximum absolute atomic E-state index is 13.3. The Morgan fingerprint density at radius 2 is 1.67 bits per heavy atom. The summed E-state index contributed by atoms with van der Waals surface area (Å²) in [6.45, 7) is 0.205. The predicted molar refractivity (Wildman–Crippen MR) is 65.8 cm³/mol. The molecule has 3 nitrogen and oxygen atoms in total. The number of anilines is 1. The molecule has 1 aliphatic rings. The van der Waals surface area contributed by atoms with Gasteiger partial charge >= 0.3 is 18.0 Å². The summed E-state index contributed by atoms with van der Waals surface area (Å²) >= 11 is 0. The molecule has 0 aromatic heterocycles. The van der Waals surface area contributed by atoms with Gasteiger partial charge in [0.15, 0.2) is 0 Å². The zero-order chi connectivity index (χ0) is 15.8. The molecule has 1 amide bonds. The molecule has 1 aliphatic carbocycles. The SMILES string of the molecule is NCc1ccc(N(C(=O)C(F)(F)C(F)(F)F)C2CC2)cc1. The van der Waals surface area contributed by atoms with E-state index in [-0.39, 0.29) is 12.2 Å². The summed E-state index contributed by atoms with van der Waals surface area (Å²) in [5, 5.41) is 0. The van der Waals surface area contributed by atoms with Crippen molar-refractivity contribution < 1.29 is 26.7 Å². The van der Waals surface area contributed by atoms with Crippen LogP contribution in [0.25, 0.3) is 0 Å². The number of nitrogens with two attached hydrogens (primary N) is 1. The van der Waals surface area contributed by atoms with Crippen LogP contribution in [0, 0.1) is 0 Å². The first-order chi connectivity index (χ1) is 9.68. The lowest BCUT2D eigenvalue weighted by Gasteiger charge is -2.28. The van der Waals surface area contributed by atoms with Crippen LogP contribution in [0.4, 0.5) is 27.6 Å². The Balaban J connectivity index is 2.33. The predicted octanol–water partition coefficient (Wildman–Crippen LogP) is 2.84. The third kappa shape index (κ3) is 2.99. The van der Waals surface area contributed by atoms with E-state index >= 15 is 0 Å². The van der Waals surface area contributed by atoms with Crippen LogP contribution in [0.15, 0.2) is 24.3 Å². The Bertz CT molecular complexity index is 522. The van der Waals surface area contributed by atoms with Gasteiger partial charge < -0.3 is 10.6 Å². The van der Waals surface area contributed by atoms with Gasteiger partial charge in [0.25, 0.3) is 0 Å². The minimum absolute atomic E-state index is 0.0172. The van der Waals surface area contributed by atoms with E-state index in [0.717, 1.165) is 0 Å². The topological polar surface area (TPSA) is 46.3 Å². The molecule has 1 aromatic carbocycles. The van der Waals surface area contributed by atoms with Crippen molar-refractivity contribution in [1.82, 2.24) is 0 Å². The third-order valence-electron chi connectivity index (χ3n) is 3.21. The van der Waals surface area contributed by atoms with Crippen molar-refractivity contribution in [2.75, 3.05) is 4.90 Å². The first-order valence-electron chi connectivity index (χ1n) is 6.25. The average molecular weight is 308 g/mol. The lowest BCUT2D eigenvalue weighted by Crippen LogP contribution is -2.53. The summed E-state index contributed by atoms with van der Waals surface area (Å²) in [5.41, 5.74) is 6.09. The molecule has 2 rings (SSSR count). The van der Waals surface area contributed by atoms with Crippen molar-refractivity contribution >= 4 is 11.6 Å². The van der Waals surface area contributed by atoms with Gasteiger partial charge in [0.1, 0.15) is 0 Å². The number of amides is 1. The Labute approximate surface area is 117 Å². The summed E-state index contributed by atoms with van der Waals surface area (Å²) in [6, 6.07) is 5.01. The van der Waals surface area contributed by atoms with E-state index in [1.54, 1.807) is 0 Å². The molecule has 0 aliphatic heterocycles. The molecule has 8 heteroatoms. The highest BCUT2D eigenvalue weighted by Gasteiger charge is 2.65. The fourth-order valence-electron chi connectivity index (χ4n) is 1.89. The lowest BCUT2D eigenvalue weighted by atomic mass is 10.1. The van der Waals surface area contributed by atoms with Crippen molar-refractivity contribution in [3.63, 3.8) is 0 Å². The number of nitrogens with zero attached hydrogens (tertiary/aromatic N) is 1. The van der Waals surface area contributed by atoms with Gasteiger partial charge in [0.2, 0.25) is 0 Å². The van der Waals surface area contributed by atoms with Gasteiger partial charge in [-0.25, -0.2) is 0 Å². The summed E-state index contributed by atoms with van der Waals surface area (Å²) in [4.78, 5) is 12.2. The summed E-state index contributed by atoms with van der Waals surface area (Å²) in [6.07, 6.45) is -5.11. The van der Waals surface area contributed by atoms with Crippen molar-refractivity contribution in [2.45, 2.75) is 37.5 Å². The molecule has 0 radical (unpaired) electrons. The molecule has 21 heavy (non-hydrogen) atoms. The van der Waals surface area contributed by atoms with Gasteiger partial charge in [-0.15, -0.1) is 0 Å². The number of hydrogen-bond donors (Lipinski definition) is 1. The second kappa shape index (κ2) is 5.25. The number of halogens is 5. The number of carbonyl (C=O) groups is 1. The van der Waals surface area contributed by atoms with E-state index in [1.165, 1.54) is 24.3 Å². The molecule has 1 saturated carbocycles. The van der Waals surface area contributed by atoms with E-state index in [0.29, 0.717) is 23.3 Å². The van der Waals surface area contributed by atoms with Gasteiger partial charge in [-0.05, 0) is 30.5 Å². The highest BCUT2D eigenvalue weighted by molar-refractivity contribution is 5.99. The standard InChI is InChI=1S/C13H13F5N2O/c14-12(15,13(16,17)18)11(21)20(10-5-6-10)9-3-1-8(7-19)2-4-9/h1-4,10H,5-7,19H2. The molecule has 0 saturated heterocycles. The molecule has 0 unspecified atom stereocenters. The number of hydrogen-bond acceptors (Lipinski definition) is 2. The first-order valence-corrected chi connectivity index (χ1v) is 6.25. The van der Waals surface area contributed by atoms with Gasteiger partial charge in [-0.1, -0.05) is 12.1 Å². The Morgan fingerprint density at radius 1 is 1.14 bits per heavy atom. The third-order valence-corrected chi connectivity index (χ3v) is 3.21. The molecular weight excluding hydrogens is 295 g/mol. The van der Waals surface area contributed by atoms with Crippen LogP contribution >= 0.6 is 0 Å². The van der Waals surface area contributed by atoms with Gasteiger partial charge in [-0.2, -0.15) is 22.0 Å². The van der Waals surface area contributed by atoms with E-state index in [1.807, 2.05) is 0 Å². The minimum Gasteiger partial charge on any atom is -0.326 e. The zero-order valence-electron chi connectivity index (χ0n) is 10.8. The molecular formula is C13H13F5N2O. The second-order valence-corrected chi connectivity index (χ2v) is 4.85. The van der Waals surface area contributed by atoms with Crippen LogP contribution < -0.4 is 10.6 Å². The van der Waals surface area contributed by atoms with Crippen LogP contribution in [0.2, 0.25) is 0 Å². The zero-order valence-corrected chi connectivity index (χ0v) is 10.8. The Hall–Kier alpha value is -1.70. The highest BCUT2D eigenvalue weighted by atomic mass is 19.4. The van der Waals surface area contributed by atoms with Crippen molar-refractivity contribution in [3.05, 3.63) is 29.8 Å². The molecule has 2 N–H and O–H groups in total. The van der Waals surface area contributed by atoms with E-state index in [2.05, 4.69) is 0 Å².